The average molecular weight is 429 g/mol. The number of aromatic nitrogens is 1. The molecule has 1 aromatic heterocycles. The maximum absolute atomic E-state index is 12.6. The summed E-state index contributed by atoms with van der Waals surface area (Å²) >= 11 is 5.88. The number of pyridine rings is 1. The number of carbonyl (C=O) groups excluding carboxylic acids is 1. The van der Waals surface area contributed by atoms with Gasteiger partial charge in [0.25, 0.3) is 5.91 Å². The molecule has 1 fully saturated rings. The summed E-state index contributed by atoms with van der Waals surface area (Å²) in [6.45, 7) is -1.50. The highest BCUT2D eigenvalue weighted by Gasteiger charge is 2.30. The molecular weight excluding hydrogens is 409 g/mol. The van der Waals surface area contributed by atoms with E-state index in [1.54, 1.807) is 24.3 Å². The van der Waals surface area contributed by atoms with Crippen molar-refractivity contribution in [2.24, 2.45) is 0 Å². The second kappa shape index (κ2) is 9.00. The van der Waals surface area contributed by atoms with Crippen LogP contribution >= 0.6 is 11.6 Å². The predicted molar refractivity (Wildman–Crippen MR) is 102 cm³/mol. The number of rotatable bonds is 5. The van der Waals surface area contributed by atoms with Crippen LogP contribution in [0.4, 0.5) is 13.2 Å². The van der Waals surface area contributed by atoms with Crippen LogP contribution in [0.5, 0.6) is 5.88 Å². The van der Waals surface area contributed by atoms with Gasteiger partial charge in [-0.3, -0.25) is 4.79 Å². The third-order valence-corrected chi connectivity index (χ3v) is 4.94. The Balaban J connectivity index is 1.87. The summed E-state index contributed by atoms with van der Waals surface area (Å²) in [7, 11) is 0. The molecule has 2 N–H and O–H groups in total. The SMILES string of the molecule is O=C(N[C@H]1CCCC[C@H]1O)c1cnc(OCC(F)(F)F)c(-c2ccc(Cl)cc2)c1. The van der Waals surface area contributed by atoms with Gasteiger partial charge in [-0.2, -0.15) is 13.2 Å². The summed E-state index contributed by atoms with van der Waals surface area (Å²) in [6, 6.07) is 7.42. The molecule has 156 valence electrons. The van der Waals surface area contributed by atoms with Crippen molar-refractivity contribution in [2.45, 2.75) is 44.0 Å². The summed E-state index contributed by atoms with van der Waals surface area (Å²) in [5.41, 5.74) is 0.904. The third kappa shape index (κ3) is 5.83. The fraction of sp³-hybridized carbons (Fsp3) is 0.400. The minimum absolute atomic E-state index is 0.159. The van der Waals surface area contributed by atoms with E-state index in [0.29, 0.717) is 23.4 Å². The first kappa shape index (κ1) is 21.4. The van der Waals surface area contributed by atoms with Gasteiger partial charge in [-0.15, -0.1) is 0 Å². The van der Waals surface area contributed by atoms with Crippen molar-refractivity contribution in [1.29, 1.82) is 0 Å². The summed E-state index contributed by atoms with van der Waals surface area (Å²) in [6.07, 6.45) is -0.894. The lowest BCUT2D eigenvalue weighted by Crippen LogP contribution is -2.45. The van der Waals surface area contributed by atoms with Crippen LogP contribution in [0.15, 0.2) is 36.5 Å². The first-order chi connectivity index (χ1) is 13.7. The van der Waals surface area contributed by atoms with Gasteiger partial charge in [-0.1, -0.05) is 36.6 Å². The fourth-order valence-electron chi connectivity index (χ4n) is 3.21. The highest BCUT2D eigenvalue weighted by atomic mass is 35.5. The molecule has 0 unspecified atom stereocenters. The minimum Gasteiger partial charge on any atom is -0.468 e. The number of nitrogens with zero attached hydrogens (tertiary/aromatic N) is 1. The Morgan fingerprint density at radius 2 is 1.93 bits per heavy atom. The van der Waals surface area contributed by atoms with E-state index in [4.69, 9.17) is 16.3 Å². The molecule has 5 nitrogen and oxygen atoms in total. The second-order valence-corrected chi connectivity index (χ2v) is 7.36. The van der Waals surface area contributed by atoms with Gasteiger partial charge in [-0.05, 0) is 36.6 Å². The normalized spacial score (nSPS) is 19.6. The van der Waals surface area contributed by atoms with Crippen LogP contribution in [-0.4, -0.2) is 40.9 Å². The Morgan fingerprint density at radius 3 is 2.59 bits per heavy atom. The van der Waals surface area contributed by atoms with E-state index in [9.17, 15) is 23.1 Å². The Morgan fingerprint density at radius 1 is 1.24 bits per heavy atom. The zero-order valence-electron chi connectivity index (χ0n) is 15.4. The molecular formula is C20H20ClF3N2O3. The zero-order valence-corrected chi connectivity index (χ0v) is 16.1. The van der Waals surface area contributed by atoms with Gasteiger partial charge in [0.2, 0.25) is 5.88 Å². The number of benzene rings is 1. The maximum atomic E-state index is 12.6. The average Bonchev–Trinajstić information content (AvgIpc) is 2.68. The van der Waals surface area contributed by atoms with Crippen molar-refractivity contribution in [3.8, 4) is 17.0 Å². The van der Waals surface area contributed by atoms with Gasteiger partial charge in [0.1, 0.15) is 0 Å². The quantitative estimate of drug-likeness (QED) is 0.741. The lowest BCUT2D eigenvalue weighted by atomic mass is 9.92. The Bertz CT molecular complexity index is 859. The predicted octanol–water partition coefficient (Wildman–Crippen LogP) is 4.38. The molecule has 3 rings (SSSR count). The van der Waals surface area contributed by atoms with Crippen molar-refractivity contribution >= 4 is 17.5 Å². The molecule has 1 aliphatic rings. The smallest absolute Gasteiger partial charge is 0.422 e. The number of ether oxygens (including phenoxy) is 1. The number of hydrogen-bond acceptors (Lipinski definition) is 4. The number of alkyl halides is 3. The van der Waals surface area contributed by atoms with Gasteiger partial charge in [0.05, 0.1) is 17.7 Å². The molecule has 0 spiro atoms. The van der Waals surface area contributed by atoms with Crippen LogP contribution in [0.2, 0.25) is 5.02 Å². The van der Waals surface area contributed by atoms with Gasteiger partial charge in [0, 0.05) is 16.8 Å². The lowest BCUT2D eigenvalue weighted by molar-refractivity contribution is -0.154. The molecule has 1 aromatic carbocycles. The standard InChI is InChI=1S/C20H20ClF3N2O3/c21-14-7-5-12(6-8-14)15-9-13(10-25-19(15)29-11-20(22,23)24)18(28)26-16-3-1-2-4-17(16)27/h5-10,16-17,27H,1-4,11H2,(H,26,28)/t16-,17+/m0/s1. The highest BCUT2D eigenvalue weighted by Crippen LogP contribution is 2.31. The van der Waals surface area contributed by atoms with Crippen molar-refractivity contribution in [3.63, 3.8) is 0 Å². The fourth-order valence-corrected chi connectivity index (χ4v) is 3.34. The van der Waals surface area contributed by atoms with Crippen LogP contribution in [0.1, 0.15) is 36.0 Å². The summed E-state index contributed by atoms with van der Waals surface area (Å²) in [5, 5.41) is 13.3. The van der Waals surface area contributed by atoms with Gasteiger partial charge in [-0.25, -0.2) is 4.98 Å². The number of carbonyl (C=O) groups is 1. The summed E-state index contributed by atoms with van der Waals surface area (Å²) < 4.78 is 42.6. The van der Waals surface area contributed by atoms with Crippen LogP contribution in [0.3, 0.4) is 0 Å². The summed E-state index contributed by atoms with van der Waals surface area (Å²) in [4.78, 5) is 16.6. The third-order valence-electron chi connectivity index (χ3n) is 4.69. The number of halogens is 4. The van der Waals surface area contributed by atoms with E-state index in [-0.39, 0.29) is 23.0 Å². The molecule has 1 amide bonds. The van der Waals surface area contributed by atoms with Crippen LogP contribution in [0, 0.1) is 0 Å². The second-order valence-electron chi connectivity index (χ2n) is 6.92. The Labute approximate surface area is 170 Å². The number of nitrogens with one attached hydrogen (secondary N) is 1. The molecule has 0 bridgehead atoms. The molecule has 2 atom stereocenters. The molecule has 0 radical (unpaired) electrons. The molecule has 2 aromatic rings. The molecule has 29 heavy (non-hydrogen) atoms. The Hall–Kier alpha value is -2.32. The topological polar surface area (TPSA) is 71.5 Å². The van der Waals surface area contributed by atoms with Crippen molar-refractivity contribution in [1.82, 2.24) is 10.3 Å². The molecule has 1 heterocycles. The number of aliphatic hydroxyl groups excluding tert-OH is 1. The van der Waals surface area contributed by atoms with E-state index >= 15 is 0 Å². The number of aliphatic hydroxyl groups is 1. The Kier molecular flexibility index (Phi) is 6.64. The molecule has 9 heteroatoms. The maximum Gasteiger partial charge on any atom is 0.422 e. The molecule has 1 saturated carbocycles. The van der Waals surface area contributed by atoms with E-state index < -0.39 is 24.8 Å². The van der Waals surface area contributed by atoms with Crippen molar-refractivity contribution in [2.75, 3.05) is 6.61 Å². The van der Waals surface area contributed by atoms with Crippen molar-refractivity contribution < 1.29 is 27.8 Å². The molecule has 0 aliphatic heterocycles. The highest BCUT2D eigenvalue weighted by molar-refractivity contribution is 6.30. The van der Waals surface area contributed by atoms with Crippen molar-refractivity contribution in [3.05, 3.63) is 47.1 Å². The van der Waals surface area contributed by atoms with Gasteiger partial charge < -0.3 is 15.2 Å². The van der Waals surface area contributed by atoms with E-state index in [2.05, 4.69) is 10.3 Å². The first-order valence-electron chi connectivity index (χ1n) is 9.17. The monoisotopic (exact) mass is 428 g/mol. The van der Waals surface area contributed by atoms with Crippen LogP contribution in [0.25, 0.3) is 11.1 Å². The molecule has 0 saturated heterocycles. The van der Waals surface area contributed by atoms with Crippen LogP contribution in [-0.2, 0) is 0 Å². The number of amides is 1. The number of hydrogen-bond donors (Lipinski definition) is 2. The lowest BCUT2D eigenvalue weighted by Gasteiger charge is -2.28. The van der Waals surface area contributed by atoms with Gasteiger partial charge in [0.15, 0.2) is 6.61 Å². The first-order valence-corrected chi connectivity index (χ1v) is 9.55. The van der Waals surface area contributed by atoms with E-state index in [1.807, 2.05) is 0 Å². The van der Waals surface area contributed by atoms with Crippen LogP contribution < -0.4 is 10.1 Å². The van der Waals surface area contributed by atoms with E-state index in [1.165, 1.54) is 6.07 Å². The largest absolute Gasteiger partial charge is 0.468 e. The molecule has 1 aliphatic carbocycles. The summed E-state index contributed by atoms with van der Waals surface area (Å²) in [5.74, 6) is -0.695. The van der Waals surface area contributed by atoms with E-state index in [0.717, 1.165) is 19.0 Å². The minimum atomic E-state index is -4.52. The van der Waals surface area contributed by atoms with Gasteiger partial charge >= 0.3 is 6.18 Å². The zero-order chi connectivity index (χ0) is 21.0.